The van der Waals surface area contributed by atoms with Gasteiger partial charge in [-0.15, -0.1) is 0 Å². The van der Waals surface area contributed by atoms with E-state index >= 15 is 0 Å². The van der Waals surface area contributed by atoms with E-state index in [1.165, 1.54) is 5.56 Å². The molecule has 1 aromatic heterocycles. The number of nitrogens with one attached hydrogen (secondary N) is 1. The van der Waals surface area contributed by atoms with Gasteiger partial charge in [-0.05, 0) is 40.2 Å². The first-order valence-electron chi connectivity index (χ1n) is 8.58. The predicted octanol–water partition coefficient (Wildman–Crippen LogP) is 2.35. The number of hydrogen-bond donors (Lipinski definition) is 1. The van der Waals surface area contributed by atoms with Crippen LogP contribution in [0.1, 0.15) is 39.7 Å². The third kappa shape index (κ3) is 3.84. The van der Waals surface area contributed by atoms with Crippen molar-refractivity contribution in [2.24, 2.45) is 0 Å². The summed E-state index contributed by atoms with van der Waals surface area (Å²) >= 11 is 0. The Labute approximate surface area is 139 Å². The molecular formula is C18H29N3O2. The minimum Gasteiger partial charge on any atom is -0.378 e. The Kier molecular flexibility index (Phi) is 4.63. The molecule has 0 aromatic carbocycles. The molecule has 0 bridgehead atoms. The third-order valence-corrected chi connectivity index (χ3v) is 4.79. The van der Waals surface area contributed by atoms with Crippen molar-refractivity contribution in [3.63, 3.8) is 0 Å². The van der Waals surface area contributed by atoms with Gasteiger partial charge in [-0.2, -0.15) is 0 Å². The average Bonchev–Trinajstić information content (AvgIpc) is 2.73. The monoisotopic (exact) mass is 319 g/mol. The Hall–Kier alpha value is -1.17. The zero-order valence-corrected chi connectivity index (χ0v) is 14.8. The van der Waals surface area contributed by atoms with Crippen LogP contribution < -0.4 is 10.2 Å². The zero-order chi connectivity index (χ0) is 16.5. The Balaban J connectivity index is 1.69. The number of hydrogen-bond acceptors (Lipinski definition) is 5. The molecule has 2 saturated heterocycles. The van der Waals surface area contributed by atoms with Crippen LogP contribution in [0.2, 0.25) is 0 Å². The number of ether oxygens (including phenoxy) is 2. The molecule has 2 aliphatic rings. The first-order chi connectivity index (χ1) is 10.9. The van der Waals surface area contributed by atoms with Gasteiger partial charge in [0, 0.05) is 37.4 Å². The van der Waals surface area contributed by atoms with Crippen LogP contribution in [0.15, 0.2) is 18.3 Å². The topological polar surface area (TPSA) is 46.6 Å². The molecule has 1 aromatic rings. The maximum Gasteiger partial charge on any atom is 0.133 e. The van der Waals surface area contributed by atoms with E-state index in [0.717, 1.165) is 45.1 Å². The van der Waals surface area contributed by atoms with Crippen LogP contribution in [-0.2, 0) is 16.0 Å². The quantitative estimate of drug-likeness (QED) is 0.923. The van der Waals surface area contributed by atoms with Crippen molar-refractivity contribution in [2.75, 3.05) is 31.2 Å². The lowest BCUT2D eigenvalue weighted by Crippen LogP contribution is -2.43. The summed E-state index contributed by atoms with van der Waals surface area (Å²) in [5.41, 5.74) is 1.03. The molecular weight excluding hydrogens is 290 g/mol. The molecule has 0 radical (unpaired) electrons. The van der Waals surface area contributed by atoms with Gasteiger partial charge < -0.3 is 19.7 Å². The molecule has 5 nitrogen and oxygen atoms in total. The standard InChI is InChI=1S/C18H29N3O2/c1-17(2)12-15(18(3,4)23-17)20-13-14-6-5-7-19-16(14)21-8-10-22-11-9-21/h5-7,15,20H,8-13H2,1-4H3/t15-/m0/s1. The van der Waals surface area contributed by atoms with E-state index in [9.17, 15) is 0 Å². The van der Waals surface area contributed by atoms with Gasteiger partial charge >= 0.3 is 0 Å². The fraction of sp³-hybridized carbons (Fsp3) is 0.722. The largest absolute Gasteiger partial charge is 0.378 e. The summed E-state index contributed by atoms with van der Waals surface area (Å²) in [5.74, 6) is 1.08. The van der Waals surface area contributed by atoms with E-state index in [2.05, 4.69) is 49.0 Å². The van der Waals surface area contributed by atoms with Crippen molar-refractivity contribution in [3.8, 4) is 0 Å². The van der Waals surface area contributed by atoms with Crippen LogP contribution in [0, 0.1) is 0 Å². The van der Waals surface area contributed by atoms with Gasteiger partial charge in [0.15, 0.2) is 0 Å². The molecule has 5 heteroatoms. The molecule has 23 heavy (non-hydrogen) atoms. The van der Waals surface area contributed by atoms with Gasteiger partial charge in [0.05, 0.1) is 24.4 Å². The van der Waals surface area contributed by atoms with Crippen LogP contribution >= 0.6 is 0 Å². The van der Waals surface area contributed by atoms with Gasteiger partial charge in [0.1, 0.15) is 5.82 Å². The van der Waals surface area contributed by atoms with E-state index < -0.39 is 0 Å². The number of pyridine rings is 1. The van der Waals surface area contributed by atoms with E-state index in [-0.39, 0.29) is 11.2 Å². The maximum atomic E-state index is 6.18. The fourth-order valence-electron chi connectivity index (χ4n) is 3.74. The Bertz CT molecular complexity index is 539. The third-order valence-electron chi connectivity index (χ3n) is 4.79. The summed E-state index contributed by atoms with van der Waals surface area (Å²) in [5, 5.41) is 3.70. The van der Waals surface area contributed by atoms with Crippen LogP contribution in [0.4, 0.5) is 5.82 Å². The molecule has 128 valence electrons. The number of anilines is 1. The van der Waals surface area contributed by atoms with Crippen LogP contribution in [-0.4, -0.2) is 48.5 Å². The van der Waals surface area contributed by atoms with Crippen molar-refractivity contribution >= 4 is 5.82 Å². The molecule has 2 fully saturated rings. The molecule has 0 spiro atoms. The second-order valence-corrected chi connectivity index (χ2v) is 7.69. The van der Waals surface area contributed by atoms with Crippen molar-refractivity contribution < 1.29 is 9.47 Å². The summed E-state index contributed by atoms with van der Waals surface area (Å²) in [4.78, 5) is 6.93. The zero-order valence-electron chi connectivity index (χ0n) is 14.8. The first kappa shape index (κ1) is 16.7. The lowest BCUT2D eigenvalue weighted by atomic mass is 9.94. The average molecular weight is 319 g/mol. The highest BCUT2D eigenvalue weighted by atomic mass is 16.5. The molecule has 0 aliphatic carbocycles. The SMILES string of the molecule is CC1(C)C[C@H](NCc2cccnc2N2CCOCC2)C(C)(C)O1. The second-order valence-electron chi connectivity index (χ2n) is 7.69. The highest BCUT2D eigenvalue weighted by Gasteiger charge is 2.45. The van der Waals surface area contributed by atoms with Gasteiger partial charge in [0.25, 0.3) is 0 Å². The number of morpholine rings is 1. The molecule has 1 N–H and O–H groups in total. The predicted molar refractivity (Wildman–Crippen MR) is 91.8 cm³/mol. The summed E-state index contributed by atoms with van der Waals surface area (Å²) in [7, 11) is 0. The van der Waals surface area contributed by atoms with Crippen molar-refractivity contribution in [1.29, 1.82) is 0 Å². The highest BCUT2D eigenvalue weighted by Crippen LogP contribution is 2.37. The van der Waals surface area contributed by atoms with Crippen LogP contribution in [0.25, 0.3) is 0 Å². The lowest BCUT2D eigenvalue weighted by Gasteiger charge is -2.31. The molecule has 2 aliphatic heterocycles. The van der Waals surface area contributed by atoms with Gasteiger partial charge in [-0.25, -0.2) is 4.98 Å². The minimum absolute atomic E-state index is 0.0663. The Morgan fingerprint density at radius 3 is 2.65 bits per heavy atom. The van der Waals surface area contributed by atoms with Crippen LogP contribution in [0.5, 0.6) is 0 Å². The number of aromatic nitrogens is 1. The van der Waals surface area contributed by atoms with Crippen molar-refractivity contribution in [3.05, 3.63) is 23.9 Å². The van der Waals surface area contributed by atoms with Gasteiger partial charge in [-0.3, -0.25) is 0 Å². The summed E-state index contributed by atoms with van der Waals surface area (Å²) in [6, 6.07) is 4.52. The number of rotatable bonds is 4. The summed E-state index contributed by atoms with van der Waals surface area (Å²) < 4.78 is 11.6. The van der Waals surface area contributed by atoms with Crippen LogP contribution in [0.3, 0.4) is 0 Å². The van der Waals surface area contributed by atoms with Gasteiger partial charge in [0.2, 0.25) is 0 Å². The maximum absolute atomic E-state index is 6.18. The minimum atomic E-state index is -0.148. The Morgan fingerprint density at radius 1 is 1.26 bits per heavy atom. The highest BCUT2D eigenvalue weighted by molar-refractivity contribution is 5.47. The molecule has 0 unspecified atom stereocenters. The summed E-state index contributed by atoms with van der Waals surface area (Å²) in [6.45, 7) is 12.9. The Morgan fingerprint density at radius 2 is 2.00 bits per heavy atom. The molecule has 0 amide bonds. The van der Waals surface area contributed by atoms with E-state index in [0.29, 0.717) is 6.04 Å². The number of nitrogens with zero attached hydrogens (tertiary/aromatic N) is 2. The molecule has 0 saturated carbocycles. The smallest absolute Gasteiger partial charge is 0.133 e. The van der Waals surface area contributed by atoms with E-state index in [1.54, 1.807) is 0 Å². The van der Waals surface area contributed by atoms with Crippen molar-refractivity contribution in [1.82, 2.24) is 10.3 Å². The molecule has 3 rings (SSSR count). The van der Waals surface area contributed by atoms with Crippen molar-refractivity contribution in [2.45, 2.75) is 57.9 Å². The lowest BCUT2D eigenvalue weighted by molar-refractivity contribution is -0.0699. The normalized spacial score (nSPS) is 26.4. The molecule has 3 heterocycles. The fourth-order valence-corrected chi connectivity index (χ4v) is 3.74. The van der Waals surface area contributed by atoms with Gasteiger partial charge in [-0.1, -0.05) is 6.07 Å². The second kappa shape index (κ2) is 6.38. The molecule has 1 atom stereocenters. The summed E-state index contributed by atoms with van der Waals surface area (Å²) in [6.07, 6.45) is 2.90. The van der Waals surface area contributed by atoms with E-state index in [1.807, 2.05) is 12.3 Å². The van der Waals surface area contributed by atoms with E-state index in [4.69, 9.17) is 9.47 Å². The first-order valence-corrected chi connectivity index (χ1v) is 8.58.